The van der Waals surface area contributed by atoms with E-state index in [0.29, 0.717) is 28.8 Å². The minimum absolute atomic E-state index is 0. The predicted molar refractivity (Wildman–Crippen MR) is 128 cm³/mol. The smallest absolute Gasteiger partial charge is 0.341 e. The average Bonchev–Trinajstić information content (AvgIpc) is 3.05. The van der Waals surface area contributed by atoms with Gasteiger partial charge in [0.1, 0.15) is 5.00 Å². The highest BCUT2D eigenvalue weighted by atomic mass is 35.5. The molecule has 1 amide bonds. The maximum Gasteiger partial charge on any atom is 0.341 e. The van der Waals surface area contributed by atoms with Crippen molar-refractivity contribution in [3.05, 3.63) is 45.8 Å². The Morgan fingerprint density at radius 2 is 2.00 bits per heavy atom. The second kappa shape index (κ2) is 11.2. The van der Waals surface area contributed by atoms with Gasteiger partial charge in [-0.2, -0.15) is 0 Å². The predicted octanol–water partition coefficient (Wildman–Crippen LogP) is 5.48. The second-order valence-corrected chi connectivity index (χ2v) is 9.54. The molecule has 3 rings (SSSR count). The third kappa shape index (κ3) is 5.38. The summed E-state index contributed by atoms with van der Waals surface area (Å²) in [5.74, 6) is 0.345. The number of ether oxygens (including phenoxy) is 1. The van der Waals surface area contributed by atoms with Crippen molar-refractivity contribution in [2.45, 2.75) is 51.6 Å². The molecule has 1 aromatic carbocycles. The Bertz CT molecular complexity index is 899. The summed E-state index contributed by atoms with van der Waals surface area (Å²) in [5.41, 5.74) is 2.19. The van der Waals surface area contributed by atoms with Gasteiger partial charge in [-0.25, -0.2) is 4.79 Å². The lowest BCUT2D eigenvalue weighted by atomic mass is 10.0. The van der Waals surface area contributed by atoms with Crippen LogP contribution in [-0.4, -0.2) is 41.7 Å². The Hall–Kier alpha value is -1.54. The molecule has 0 bridgehead atoms. The van der Waals surface area contributed by atoms with Crippen LogP contribution in [0.5, 0.6) is 0 Å². The number of nitrogens with one attached hydrogen (secondary N) is 1. The van der Waals surface area contributed by atoms with Crippen molar-refractivity contribution in [1.82, 2.24) is 4.90 Å². The molecular formula is C22H29ClN2O3S2. The summed E-state index contributed by atoms with van der Waals surface area (Å²) in [6.07, 6.45) is 0.788. The van der Waals surface area contributed by atoms with Crippen molar-refractivity contribution in [3.8, 4) is 0 Å². The van der Waals surface area contributed by atoms with E-state index in [1.807, 2.05) is 24.3 Å². The Labute approximate surface area is 193 Å². The summed E-state index contributed by atoms with van der Waals surface area (Å²) in [4.78, 5) is 30.2. The van der Waals surface area contributed by atoms with Crippen molar-refractivity contribution in [1.29, 1.82) is 0 Å². The summed E-state index contributed by atoms with van der Waals surface area (Å²) < 4.78 is 5.32. The van der Waals surface area contributed by atoms with Gasteiger partial charge >= 0.3 is 5.97 Å². The molecule has 0 aliphatic carbocycles. The SMILES string of the molecule is CCOC(=O)c1c(NC(=O)c2ccccc2SCC)sc2c1CCN(C(C)C)C2.Cl. The second-order valence-electron chi connectivity index (χ2n) is 7.13. The molecule has 0 radical (unpaired) electrons. The number of halogens is 1. The van der Waals surface area contributed by atoms with Crippen LogP contribution in [0.2, 0.25) is 0 Å². The largest absolute Gasteiger partial charge is 0.462 e. The van der Waals surface area contributed by atoms with Gasteiger partial charge in [-0.3, -0.25) is 9.69 Å². The lowest BCUT2D eigenvalue weighted by Crippen LogP contribution is -2.35. The number of anilines is 1. The topological polar surface area (TPSA) is 58.6 Å². The van der Waals surface area contributed by atoms with E-state index in [1.54, 1.807) is 18.7 Å². The molecule has 1 aliphatic heterocycles. The highest BCUT2D eigenvalue weighted by Crippen LogP contribution is 2.38. The van der Waals surface area contributed by atoms with E-state index in [0.717, 1.165) is 40.6 Å². The molecule has 0 saturated heterocycles. The number of nitrogens with zero attached hydrogens (tertiary/aromatic N) is 1. The van der Waals surface area contributed by atoms with Gasteiger partial charge in [0.05, 0.1) is 17.7 Å². The monoisotopic (exact) mass is 468 g/mol. The first-order valence-electron chi connectivity index (χ1n) is 10.0. The molecule has 5 nitrogen and oxygen atoms in total. The zero-order chi connectivity index (χ0) is 21.0. The van der Waals surface area contributed by atoms with Crippen molar-refractivity contribution in [3.63, 3.8) is 0 Å². The molecule has 8 heteroatoms. The molecule has 0 spiro atoms. The number of carbonyl (C=O) groups is 2. The van der Waals surface area contributed by atoms with Gasteiger partial charge in [0.2, 0.25) is 0 Å². The number of benzene rings is 1. The molecule has 30 heavy (non-hydrogen) atoms. The number of esters is 1. The van der Waals surface area contributed by atoms with E-state index >= 15 is 0 Å². The van der Waals surface area contributed by atoms with Gasteiger partial charge in [0.15, 0.2) is 0 Å². The van der Waals surface area contributed by atoms with Crippen molar-refractivity contribution >= 4 is 52.4 Å². The highest BCUT2D eigenvalue weighted by molar-refractivity contribution is 7.99. The van der Waals surface area contributed by atoms with Crippen LogP contribution < -0.4 is 5.32 Å². The molecule has 0 fully saturated rings. The standard InChI is InChI=1S/C22H28N2O3S2.ClH/c1-5-27-22(26)19-15-11-12-24(14(3)4)13-18(15)29-21(19)23-20(25)16-9-7-8-10-17(16)28-6-2;/h7-10,14H,5-6,11-13H2,1-4H3,(H,23,25);1H. The first kappa shape index (κ1) is 24.7. The zero-order valence-corrected chi connectivity index (χ0v) is 20.3. The maximum atomic E-state index is 13.0. The van der Waals surface area contributed by atoms with Gasteiger partial charge in [-0.15, -0.1) is 35.5 Å². The molecule has 164 valence electrons. The van der Waals surface area contributed by atoms with Crippen LogP contribution in [0.3, 0.4) is 0 Å². The van der Waals surface area contributed by atoms with Gasteiger partial charge in [0.25, 0.3) is 5.91 Å². The molecular weight excluding hydrogens is 440 g/mol. The van der Waals surface area contributed by atoms with Crippen LogP contribution in [0.4, 0.5) is 5.00 Å². The third-order valence-electron chi connectivity index (χ3n) is 4.95. The quantitative estimate of drug-likeness (QED) is 0.430. The van der Waals surface area contributed by atoms with Gasteiger partial charge in [-0.1, -0.05) is 19.1 Å². The van der Waals surface area contributed by atoms with E-state index in [1.165, 1.54) is 11.3 Å². The van der Waals surface area contributed by atoms with Crippen LogP contribution in [0, 0.1) is 0 Å². The van der Waals surface area contributed by atoms with Crippen LogP contribution in [0.1, 0.15) is 58.9 Å². The van der Waals surface area contributed by atoms with Gasteiger partial charge in [0, 0.05) is 28.9 Å². The van der Waals surface area contributed by atoms with E-state index in [4.69, 9.17) is 4.74 Å². The highest BCUT2D eigenvalue weighted by Gasteiger charge is 2.30. The minimum Gasteiger partial charge on any atom is -0.462 e. The third-order valence-corrected chi connectivity index (χ3v) is 7.04. The van der Waals surface area contributed by atoms with Gasteiger partial charge in [-0.05, 0) is 50.6 Å². The fraction of sp³-hybridized carbons (Fsp3) is 0.455. The number of hydrogen-bond acceptors (Lipinski definition) is 6. The van der Waals surface area contributed by atoms with Gasteiger partial charge < -0.3 is 10.1 Å². The molecule has 2 heterocycles. The summed E-state index contributed by atoms with van der Waals surface area (Å²) in [6, 6.07) is 8.01. The molecule has 1 N–H and O–H groups in total. The van der Waals surface area contributed by atoms with Crippen molar-refractivity contribution in [2.24, 2.45) is 0 Å². The Balaban J connectivity index is 0.00000320. The number of rotatable bonds is 7. The summed E-state index contributed by atoms with van der Waals surface area (Å²) >= 11 is 3.13. The normalized spacial score (nSPS) is 13.5. The van der Waals surface area contributed by atoms with E-state index in [-0.39, 0.29) is 24.3 Å². The molecule has 1 aromatic heterocycles. The molecule has 0 unspecified atom stereocenters. The lowest BCUT2D eigenvalue weighted by Gasteiger charge is -2.30. The Morgan fingerprint density at radius 1 is 1.27 bits per heavy atom. The first-order valence-corrected chi connectivity index (χ1v) is 11.8. The number of hydrogen-bond donors (Lipinski definition) is 1. The number of thioether (sulfide) groups is 1. The van der Waals surface area contributed by atoms with E-state index < -0.39 is 0 Å². The average molecular weight is 469 g/mol. The van der Waals surface area contributed by atoms with E-state index in [9.17, 15) is 9.59 Å². The fourth-order valence-corrected chi connectivity index (χ4v) is 5.54. The van der Waals surface area contributed by atoms with Crippen LogP contribution in [-0.2, 0) is 17.7 Å². The molecule has 0 saturated carbocycles. The fourth-order valence-electron chi connectivity index (χ4n) is 3.48. The minimum atomic E-state index is -0.352. The summed E-state index contributed by atoms with van der Waals surface area (Å²) in [6.45, 7) is 10.2. The number of amides is 1. The van der Waals surface area contributed by atoms with Crippen molar-refractivity contribution < 1.29 is 14.3 Å². The molecule has 1 aliphatic rings. The number of carbonyl (C=O) groups excluding carboxylic acids is 2. The Kier molecular flexibility index (Phi) is 9.22. The van der Waals surface area contributed by atoms with Crippen LogP contribution >= 0.6 is 35.5 Å². The number of thiophene rings is 1. The molecule has 0 atom stereocenters. The van der Waals surface area contributed by atoms with Crippen LogP contribution in [0.25, 0.3) is 0 Å². The zero-order valence-electron chi connectivity index (χ0n) is 17.8. The maximum absolute atomic E-state index is 13.0. The van der Waals surface area contributed by atoms with E-state index in [2.05, 4.69) is 31.0 Å². The first-order chi connectivity index (χ1) is 14.0. The summed E-state index contributed by atoms with van der Waals surface area (Å²) in [7, 11) is 0. The molecule has 2 aromatic rings. The van der Waals surface area contributed by atoms with Crippen molar-refractivity contribution in [2.75, 3.05) is 24.2 Å². The lowest BCUT2D eigenvalue weighted by molar-refractivity contribution is 0.0526. The Morgan fingerprint density at radius 3 is 2.67 bits per heavy atom. The van der Waals surface area contributed by atoms with Crippen LogP contribution in [0.15, 0.2) is 29.2 Å². The number of fused-ring (bicyclic) bond motifs is 1. The summed E-state index contributed by atoms with van der Waals surface area (Å²) in [5, 5.41) is 3.61.